The van der Waals surface area contributed by atoms with Crippen LogP contribution in [0.1, 0.15) is 17.3 Å². The Kier molecular flexibility index (Phi) is 5.43. The minimum absolute atomic E-state index is 0.0291. The van der Waals surface area contributed by atoms with E-state index in [9.17, 15) is 27.7 Å². The fourth-order valence-corrected chi connectivity index (χ4v) is 4.57. The van der Waals surface area contributed by atoms with E-state index in [0.717, 1.165) is 12.1 Å². The summed E-state index contributed by atoms with van der Waals surface area (Å²) >= 11 is 0. The SMILES string of the molecule is CC(=O)c1cccc(S(=O)(=O)N2CCN(c3ccc(F)cc3[N+](=O)[O-])CC2)c1. The molecule has 10 heteroatoms. The van der Waals surface area contributed by atoms with Crippen molar-refractivity contribution < 1.29 is 22.5 Å². The lowest BCUT2D eigenvalue weighted by molar-refractivity contribution is -0.384. The predicted molar refractivity (Wildman–Crippen MR) is 100 cm³/mol. The molecular weight excluding hydrogens is 389 g/mol. The number of carbonyl (C=O) groups excluding carboxylic acids is 1. The monoisotopic (exact) mass is 407 g/mol. The molecule has 2 aromatic carbocycles. The minimum atomic E-state index is -3.80. The van der Waals surface area contributed by atoms with Gasteiger partial charge in [0.05, 0.1) is 15.9 Å². The normalized spacial score (nSPS) is 15.4. The number of hydrogen-bond acceptors (Lipinski definition) is 6. The Bertz CT molecular complexity index is 1030. The van der Waals surface area contributed by atoms with Crippen molar-refractivity contribution >= 4 is 27.2 Å². The lowest BCUT2D eigenvalue weighted by Crippen LogP contribution is -2.48. The molecule has 1 saturated heterocycles. The number of nitrogens with zero attached hydrogens (tertiary/aromatic N) is 3. The maximum atomic E-state index is 13.3. The number of nitro groups is 1. The number of anilines is 1. The third-order valence-electron chi connectivity index (χ3n) is 4.59. The number of rotatable bonds is 5. The summed E-state index contributed by atoms with van der Waals surface area (Å²) in [7, 11) is -3.80. The van der Waals surface area contributed by atoms with Crippen LogP contribution in [0.3, 0.4) is 0 Å². The molecule has 0 atom stereocenters. The highest BCUT2D eigenvalue weighted by atomic mass is 32.2. The van der Waals surface area contributed by atoms with Crippen LogP contribution in [0.5, 0.6) is 0 Å². The van der Waals surface area contributed by atoms with Gasteiger partial charge in [-0.2, -0.15) is 4.31 Å². The molecule has 1 aliphatic heterocycles. The highest BCUT2D eigenvalue weighted by molar-refractivity contribution is 7.89. The summed E-state index contributed by atoms with van der Waals surface area (Å²) in [5, 5.41) is 11.2. The van der Waals surface area contributed by atoms with Crippen LogP contribution in [-0.2, 0) is 10.0 Å². The molecule has 0 radical (unpaired) electrons. The van der Waals surface area contributed by atoms with Crippen molar-refractivity contribution in [1.82, 2.24) is 4.31 Å². The van der Waals surface area contributed by atoms with Crippen molar-refractivity contribution in [2.45, 2.75) is 11.8 Å². The van der Waals surface area contributed by atoms with Gasteiger partial charge in [0.1, 0.15) is 11.5 Å². The van der Waals surface area contributed by atoms with Crippen molar-refractivity contribution in [3.63, 3.8) is 0 Å². The topological polar surface area (TPSA) is 101 Å². The fraction of sp³-hybridized carbons (Fsp3) is 0.278. The Labute approximate surface area is 161 Å². The van der Waals surface area contributed by atoms with Gasteiger partial charge in [-0.25, -0.2) is 12.8 Å². The molecule has 0 unspecified atom stereocenters. The molecule has 0 spiro atoms. The average Bonchev–Trinajstić information content (AvgIpc) is 2.68. The molecule has 0 aromatic heterocycles. The highest BCUT2D eigenvalue weighted by Crippen LogP contribution is 2.30. The molecule has 148 valence electrons. The maximum Gasteiger partial charge on any atom is 0.295 e. The van der Waals surface area contributed by atoms with Crippen molar-refractivity contribution in [2.75, 3.05) is 31.1 Å². The van der Waals surface area contributed by atoms with Gasteiger partial charge in [-0.15, -0.1) is 0 Å². The number of nitro benzene ring substituents is 1. The van der Waals surface area contributed by atoms with E-state index < -0.39 is 20.8 Å². The molecule has 0 aliphatic carbocycles. The van der Waals surface area contributed by atoms with E-state index in [1.54, 1.807) is 11.0 Å². The van der Waals surface area contributed by atoms with E-state index >= 15 is 0 Å². The van der Waals surface area contributed by atoms with Crippen LogP contribution in [0.15, 0.2) is 47.4 Å². The quantitative estimate of drug-likeness (QED) is 0.429. The average molecular weight is 407 g/mol. The summed E-state index contributed by atoms with van der Waals surface area (Å²) in [5.74, 6) is -0.937. The van der Waals surface area contributed by atoms with Crippen LogP contribution >= 0.6 is 0 Å². The summed E-state index contributed by atoms with van der Waals surface area (Å²) < 4.78 is 40.3. The molecule has 1 fully saturated rings. The number of benzene rings is 2. The van der Waals surface area contributed by atoms with Crippen molar-refractivity contribution in [3.8, 4) is 0 Å². The number of halogens is 1. The zero-order valence-electron chi connectivity index (χ0n) is 15.0. The molecule has 1 aliphatic rings. The Hall–Kier alpha value is -2.85. The van der Waals surface area contributed by atoms with Crippen LogP contribution in [-0.4, -0.2) is 49.6 Å². The zero-order valence-corrected chi connectivity index (χ0v) is 15.9. The van der Waals surface area contributed by atoms with Crippen LogP contribution < -0.4 is 4.90 Å². The number of sulfonamides is 1. The third kappa shape index (κ3) is 3.87. The third-order valence-corrected chi connectivity index (χ3v) is 6.49. The molecule has 8 nitrogen and oxygen atoms in total. The van der Waals surface area contributed by atoms with E-state index in [2.05, 4.69) is 0 Å². The number of ketones is 1. The van der Waals surface area contributed by atoms with E-state index in [-0.39, 0.29) is 48.2 Å². The van der Waals surface area contributed by atoms with Crippen molar-refractivity contribution in [1.29, 1.82) is 0 Å². The van der Waals surface area contributed by atoms with Gasteiger partial charge in [0.25, 0.3) is 5.69 Å². The second kappa shape index (κ2) is 7.64. The predicted octanol–water partition coefficient (Wildman–Crippen LogP) is 2.45. The molecule has 3 rings (SSSR count). The van der Waals surface area contributed by atoms with Gasteiger partial charge in [-0.3, -0.25) is 14.9 Å². The van der Waals surface area contributed by atoms with Crippen LogP contribution in [0.4, 0.5) is 15.8 Å². The Morgan fingerprint density at radius 2 is 1.79 bits per heavy atom. The molecule has 0 N–H and O–H groups in total. The first-order valence-electron chi connectivity index (χ1n) is 8.50. The fourth-order valence-electron chi connectivity index (χ4n) is 3.10. The number of piperazine rings is 1. The minimum Gasteiger partial charge on any atom is -0.363 e. The first-order valence-corrected chi connectivity index (χ1v) is 9.94. The van der Waals surface area contributed by atoms with Gasteiger partial charge in [0, 0.05) is 31.7 Å². The molecule has 1 heterocycles. The summed E-state index contributed by atoms with van der Waals surface area (Å²) in [6, 6.07) is 9.15. The summed E-state index contributed by atoms with van der Waals surface area (Å²) in [5.41, 5.74) is 0.203. The largest absolute Gasteiger partial charge is 0.363 e. The van der Waals surface area contributed by atoms with E-state index in [4.69, 9.17) is 0 Å². The van der Waals surface area contributed by atoms with Crippen LogP contribution in [0, 0.1) is 15.9 Å². The van der Waals surface area contributed by atoms with Gasteiger partial charge in [-0.05, 0) is 31.2 Å². The molecule has 0 bridgehead atoms. The van der Waals surface area contributed by atoms with Gasteiger partial charge in [0.15, 0.2) is 5.78 Å². The standard InChI is InChI=1S/C18H18FN3O5S/c1-13(23)14-3-2-4-16(11-14)28(26,27)21-9-7-20(8-10-21)17-6-5-15(19)12-18(17)22(24)25/h2-6,11-12H,7-10H2,1H3. The van der Waals surface area contributed by atoms with Crippen LogP contribution in [0.25, 0.3) is 0 Å². The maximum absolute atomic E-state index is 13.3. The summed E-state index contributed by atoms with van der Waals surface area (Å²) in [6.45, 7) is 2.03. The molecule has 28 heavy (non-hydrogen) atoms. The number of Topliss-reactive ketones (excluding diaryl/α,β-unsaturated/α-hetero) is 1. The van der Waals surface area contributed by atoms with Crippen molar-refractivity contribution in [2.24, 2.45) is 0 Å². The molecule has 0 amide bonds. The smallest absolute Gasteiger partial charge is 0.295 e. The van der Waals surface area contributed by atoms with Crippen LogP contribution in [0.2, 0.25) is 0 Å². The first kappa shape index (κ1) is 19.9. The second-order valence-corrected chi connectivity index (χ2v) is 8.30. The lowest BCUT2D eigenvalue weighted by atomic mass is 10.2. The van der Waals surface area contributed by atoms with E-state index in [0.29, 0.717) is 5.56 Å². The molecule has 0 saturated carbocycles. The van der Waals surface area contributed by atoms with Gasteiger partial charge >= 0.3 is 0 Å². The van der Waals surface area contributed by atoms with E-state index in [1.165, 1.54) is 35.5 Å². The van der Waals surface area contributed by atoms with Crippen molar-refractivity contribution in [3.05, 3.63) is 64.0 Å². The Morgan fingerprint density at radius 1 is 1.11 bits per heavy atom. The van der Waals surface area contributed by atoms with E-state index in [1.807, 2.05) is 0 Å². The highest BCUT2D eigenvalue weighted by Gasteiger charge is 2.31. The van der Waals surface area contributed by atoms with Gasteiger partial charge in [0.2, 0.25) is 10.0 Å². The number of hydrogen-bond donors (Lipinski definition) is 0. The molecular formula is C18H18FN3O5S. The first-order chi connectivity index (χ1) is 13.2. The Morgan fingerprint density at radius 3 is 2.39 bits per heavy atom. The van der Waals surface area contributed by atoms with Gasteiger partial charge in [-0.1, -0.05) is 12.1 Å². The Balaban J connectivity index is 1.80. The number of carbonyl (C=O) groups is 1. The summed E-state index contributed by atoms with van der Waals surface area (Å²) in [6.07, 6.45) is 0. The lowest BCUT2D eigenvalue weighted by Gasteiger charge is -2.35. The van der Waals surface area contributed by atoms with Gasteiger partial charge < -0.3 is 4.90 Å². The zero-order chi connectivity index (χ0) is 20.5. The molecule has 2 aromatic rings. The second-order valence-electron chi connectivity index (χ2n) is 6.37. The summed E-state index contributed by atoms with van der Waals surface area (Å²) in [4.78, 5) is 23.7.